The Morgan fingerprint density at radius 1 is 1.13 bits per heavy atom. The van der Waals surface area contributed by atoms with Gasteiger partial charge in [0.05, 0.1) is 31.9 Å². The molecule has 1 aromatic heterocycles. The Labute approximate surface area is 183 Å². The Bertz CT molecular complexity index is 830. The monoisotopic (exact) mass is 430 g/mol. The maximum atomic E-state index is 13.2. The minimum Gasteiger partial charge on any atom is -0.467 e. The Morgan fingerprint density at radius 2 is 1.90 bits per heavy atom. The first-order chi connectivity index (χ1) is 14.9. The van der Waals surface area contributed by atoms with E-state index in [1.807, 2.05) is 19.9 Å². The summed E-state index contributed by atoms with van der Waals surface area (Å²) in [5, 5.41) is 0. The fourth-order valence-corrected chi connectivity index (χ4v) is 3.73. The molecule has 1 aliphatic rings. The summed E-state index contributed by atoms with van der Waals surface area (Å²) in [6.45, 7) is 6.01. The molecular formula is C24H31FN2O4. The number of benzene rings is 1. The average Bonchev–Trinajstić information content (AvgIpc) is 3.42. The van der Waals surface area contributed by atoms with Crippen LogP contribution in [0.1, 0.15) is 38.0 Å². The number of rotatable bonds is 10. The lowest BCUT2D eigenvalue weighted by Crippen LogP contribution is -2.46. The SMILES string of the molecule is CC(C)CN(CC(=O)N(Cc1ccco1)C[C@@H]1CCCO1)C(=O)Cc1ccc(F)cc1. The lowest BCUT2D eigenvalue weighted by molar-refractivity contribution is -0.142. The third-order valence-corrected chi connectivity index (χ3v) is 5.26. The van der Waals surface area contributed by atoms with Crippen LogP contribution in [-0.4, -0.2) is 54.0 Å². The van der Waals surface area contributed by atoms with Gasteiger partial charge in [0.25, 0.3) is 0 Å². The summed E-state index contributed by atoms with van der Waals surface area (Å²) < 4.78 is 24.3. The Hall–Kier alpha value is -2.67. The van der Waals surface area contributed by atoms with Gasteiger partial charge >= 0.3 is 0 Å². The molecule has 0 saturated carbocycles. The molecule has 1 fully saturated rings. The molecular weight excluding hydrogens is 399 g/mol. The second-order valence-corrected chi connectivity index (χ2v) is 8.46. The molecule has 1 saturated heterocycles. The molecule has 0 radical (unpaired) electrons. The second-order valence-electron chi connectivity index (χ2n) is 8.46. The van der Waals surface area contributed by atoms with Crippen LogP contribution in [0.15, 0.2) is 47.1 Å². The van der Waals surface area contributed by atoms with Gasteiger partial charge < -0.3 is 19.0 Å². The fourth-order valence-electron chi connectivity index (χ4n) is 3.73. The third-order valence-electron chi connectivity index (χ3n) is 5.26. The minimum absolute atomic E-state index is 0.00683. The molecule has 31 heavy (non-hydrogen) atoms. The molecule has 0 N–H and O–H groups in total. The predicted molar refractivity (Wildman–Crippen MR) is 115 cm³/mol. The van der Waals surface area contributed by atoms with Crippen molar-refractivity contribution in [1.29, 1.82) is 0 Å². The first-order valence-electron chi connectivity index (χ1n) is 10.8. The number of hydrogen-bond acceptors (Lipinski definition) is 4. The van der Waals surface area contributed by atoms with E-state index in [1.165, 1.54) is 12.1 Å². The molecule has 1 atom stereocenters. The van der Waals surface area contributed by atoms with E-state index in [0.717, 1.165) is 18.4 Å². The number of halogens is 1. The number of carbonyl (C=O) groups excluding carboxylic acids is 2. The molecule has 0 unspecified atom stereocenters. The van der Waals surface area contributed by atoms with Crippen molar-refractivity contribution in [1.82, 2.24) is 9.80 Å². The van der Waals surface area contributed by atoms with Gasteiger partial charge in [-0.2, -0.15) is 0 Å². The van der Waals surface area contributed by atoms with Gasteiger partial charge in [0.15, 0.2) is 0 Å². The predicted octanol–water partition coefficient (Wildman–Crippen LogP) is 3.65. The molecule has 0 spiro atoms. The van der Waals surface area contributed by atoms with E-state index in [2.05, 4.69) is 0 Å². The van der Waals surface area contributed by atoms with E-state index in [1.54, 1.807) is 34.3 Å². The largest absolute Gasteiger partial charge is 0.467 e. The van der Waals surface area contributed by atoms with Gasteiger partial charge in [-0.15, -0.1) is 0 Å². The molecule has 0 bridgehead atoms. The van der Waals surface area contributed by atoms with Gasteiger partial charge in [0.2, 0.25) is 11.8 Å². The fraction of sp³-hybridized carbons (Fsp3) is 0.500. The molecule has 7 heteroatoms. The number of hydrogen-bond donors (Lipinski definition) is 0. The highest BCUT2D eigenvalue weighted by Crippen LogP contribution is 2.16. The topological polar surface area (TPSA) is 63.0 Å². The first-order valence-corrected chi connectivity index (χ1v) is 10.8. The van der Waals surface area contributed by atoms with Crippen molar-refractivity contribution in [3.8, 4) is 0 Å². The third kappa shape index (κ3) is 7.21. The molecule has 6 nitrogen and oxygen atoms in total. The smallest absolute Gasteiger partial charge is 0.242 e. The van der Waals surface area contributed by atoms with Crippen LogP contribution in [0.5, 0.6) is 0 Å². The highest BCUT2D eigenvalue weighted by molar-refractivity contribution is 5.86. The second kappa shape index (κ2) is 11.1. The van der Waals surface area contributed by atoms with Crippen LogP contribution in [-0.2, 0) is 27.3 Å². The zero-order chi connectivity index (χ0) is 22.2. The highest BCUT2D eigenvalue weighted by atomic mass is 19.1. The zero-order valence-electron chi connectivity index (χ0n) is 18.3. The van der Waals surface area contributed by atoms with E-state index < -0.39 is 0 Å². The highest BCUT2D eigenvalue weighted by Gasteiger charge is 2.26. The van der Waals surface area contributed by atoms with Gasteiger partial charge in [0.1, 0.15) is 11.6 Å². The van der Waals surface area contributed by atoms with Crippen LogP contribution < -0.4 is 0 Å². The number of nitrogens with zero attached hydrogens (tertiary/aromatic N) is 2. The number of amides is 2. The molecule has 2 heterocycles. The van der Waals surface area contributed by atoms with Gasteiger partial charge in [-0.3, -0.25) is 9.59 Å². The number of ether oxygens (including phenoxy) is 1. The van der Waals surface area contributed by atoms with Crippen LogP contribution >= 0.6 is 0 Å². The quantitative estimate of drug-likeness (QED) is 0.577. The normalized spacial score (nSPS) is 15.9. The Balaban J connectivity index is 1.69. The molecule has 3 rings (SSSR count). The molecule has 168 valence electrons. The van der Waals surface area contributed by atoms with Crippen molar-refractivity contribution in [3.05, 3.63) is 59.8 Å². The molecule has 1 aromatic carbocycles. The summed E-state index contributed by atoms with van der Waals surface area (Å²) in [5.41, 5.74) is 0.722. The van der Waals surface area contributed by atoms with Gasteiger partial charge in [-0.1, -0.05) is 26.0 Å². The lowest BCUT2D eigenvalue weighted by Gasteiger charge is -2.29. The standard InChI is InChI=1S/C24H31FN2O4/c1-18(2)14-26(23(28)13-19-7-9-20(25)10-8-19)17-24(29)27(15-21-5-3-11-30-21)16-22-6-4-12-31-22/h3,5,7-11,18,22H,4,6,12-17H2,1-2H3/t22-/m0/s1. The van der Waals surface area contributed by atoms with Crippen molar-refractivity contribution in [3.63, 3.8) is 0 Å². The molecule has 1 aliphatic heterocycles. The molecule has 0 aliphatic carbocycles. The Morgan fingerprint density at radius 3 is 2.52 bits per heavy atom. The van der Waals surface area contributed by atoms with E-state index in [0.29, 0.717) is 32.0 Å². The average molecular weight is 431 g/mol. The Kier molecular flexibility index (Phi) is 8.23. The van der Waals surface area contributed by atoms with E-state index in [9.17, 15) is 14.0 Å². The maximum absolute atomic E-state index is 13.2. The summed E-state index contributed by atoms with van der Waals surface area (Å²) in [4.78, 5) is 29.5. The first kappa shape index (κ1) is 23.0. The van der Waals surface area contributed by atoms with Crippen LogP contribution in [0, 0.1) is 11.7 Å². The molecule has 2 amide bonds. The molecule has 2 aromatic rings. The van der Waals surface area contributed by atoms with Crippen molar-refractivity contribution in [2.75, 3.05) is 26.2 Å². The minimum atomic E-state index is -0.340. The maximum Gasteiger partial charge on any atom is 0.242 e. The lowest BCUT2D eigenvalue weighted by atomic mass is 10.1. The van der Waals surface area contributed by atoms with E-state index in [4.69, 9.17) is 9.15 Å². The summed E-state index contributed by atoms with van der Waals surface area (Å²) in [7, 11) is 0. The van der Waals surface area contributed by atoms with Gasteiger partial charge in [-0.05, 0) is 48.6 Å². The van der Waals surface area contributed by atoms with Crippen molar-refractivity contribution >= 4 is 11.8 Å². The van der Waals surface area contributed by atoms with Crippen molar-refractivity contribution in [2.24, 2.45) is 5.92 Å². The van der Waals surface area contributed by atoms with Crippen LogP contribution in [0.25, 0.3) is 0 Å². The number of carbonyl (C=O) groups is 2. The van der Waals surface area contributed by atoms with E-state index >= 15 is 0 Å². The van der Waals surface area contributed by atoms with Crippen LogP contribution in [0.2, 0.25) is 0 Å². The summed E-state index contributed by atoms with van der Waals surface area (Å²) in [6.07, 6.45) is 3.63. The number of furan rings is 1. The van der Waals surface area contributed by atoms with Gasteiger partial charge in [0, 0.05) is 19.7 Å². The zero-order valence-corrected chi connectivity index (χ0v) is 18.3. The van der Waals surface area contributed by atoms with E-state index in [-0.39, 0.29) is 42.6 Å². The summed E-state index contributed by atoms with van der Waals surface area (Å²) >= 11 is 0. The summed E-state index contributed by atoms with van der Waals surface area (Å²) in [5.74, 6) is 0.276. The van der Waals surface area contributed by atoms with Crippen LogP contribution in [0.3, 0.4) is 0 Å². The van der Waals surface area contributed by atoms with Crippen molar-refractivity contribution in [2.45, 2.75) is 45.8 Å². The van der Waals surface area contributed by atoms with Gasteiger partial charge in [-0.25, -0.2) is 4.39 Å². The summed E-state index contributed by atoms with van der Waals surface area (Å²) in [6, 6.07) is 9.51. The van der Waals surface area contributed by atoms with Crippen molar-refractivity contribution < 1.29 is 23.1 Å². The van der Waals surface area contributed by atoms with Crippen LogP contribution in [0.4, 0.5) is 4.39 Å².